The van der Waals surface area contributed by atoms with Crippen molar-refractivity contribution in [1.29, 1.82) is 0 Å². The number of aromatic nitrogens is 5. The number of morpholine rings is 1. The largest absolute Gasteiger partial charge is 0.403 e. The Morgan fingerprint density at radius 1 is 0.929 bits per heavy atom. The molecule has 210 valence electrons. The zero-order valence-electron chi connectivity index (χ0n) is 22.4. The summed E-state index contributed by atoms with van der Waals surface area (Å²) in [6.45, 7) is 2.33. The second kappa shape index (κ2) is 11.0. The number of nitrogens with one attached hydrogen (secondary N) is 1. The highest BCUT2D eigenvalue weighted by atomic mass is 19.1. The fraction of sp³-hybridized carbons (Fsp3) is 0.200. The predicted octanol–water partition coefficient (Wildman–Crippen LogP) is 3.69. The molecule has 3 aromatic heterocycles. The number of hydrogen-bond acceptors (Lipinski definition) is 10. The summed E-state index contributed by atoms with van der Waals surface area (Å²) in [6, 6.07) is 20.4. The number of ether oxygens (including phenoxy) is 1. The maximum atomic E-state index is 13.5. The highest BCUT2D eigenvalue weighted by molar-refractivity contribution is 6.16. The van der Waals surface area contributed by atoms with Crippen molar-refractivity contribution in [3.05, 3.63) is 102 Å². The van der Waals surface area contributed by atoms with E-state index in [1.165, 1.54) is 12.1 Å². The van der Waals surface area contributed by atoms with Crippen LogP contribution in [0.1, 0.15) is 16.7 Å². The predicted molar refractivity (Wildman–Crippen MR) is 152 cm³/mol. The van der Waals surface area contributed by atoms with Gasteiger partial charge in [0.2, 0.25) is 0 Å². The van der Waals surface area contributed by atoms with Crippen LogP contribution in [0.25, 0.3) is 17.3 Å². The summed E-state index contributed by atoms with van der Waals surface area (Å²) in [7, 11) is 0. The average molecular weight is 565 g/mol. The number of rotatable bonds is 6. The van der Waals surface area contributed by atoms with E-state index in [2.05, 4.69) is 25.4 Å². The van der Waals surface area contributed by atoms with Crippen LogP contribution in [-0.4, -0.2) is 68.9 Å². The minimum absolute atomic E-state index is 0.0473. The van der Waals surface area contributed by atoms with Gasteiger partial charge in [-0.05, 0) is 17.7 Å². The Balaban J connectivity index is 1.22. The number of nitrogens with zero attached hydrogens (tertiary/aromatic N) is 7. The molecule has 42 heavy (non-hydrogen) atoms. The lowest BCUT2D eigenvalue weighted by atomic mass is 9.96. The monoisotopic (exact) mass is 564 g/mol. The van der Waals surface area contributed by atoms with E-state index in [1.54, 1.807) is 10.9 Å². The van der Waals surface area contributed by atoms with Gasteiger partial charge in [-0.15, -0.1) is 10.2 Å². The number of Topliss-reactive ketones (excluding diaryl/α,β-unsaturated/α-hetero) is 1. The van der Waals surface area contributed by atoms with Crippen LogP contribution in [0.3, 0.4) is 0 Å². The average Bonchev–Trinajstić information content (AvgIpc) is 3.65. The summed E-state index contributed by atoms with van der Waals surface area (Å²) in [4.78, 5) is 24.4. The van der Waals surface area contributed by atoms with Gasteiger partial charge in [-0.2, -0.15) is 0 Å². The first-order chi connectivity index (χ1) is 20.6. The Bertz CT molecular complexity index is 1760. The van der Waals surface area contributed by atoms with Gasteiger partial charge in [-0.25, -0.2) is 14.1 Å². The van der Waals surface area contributed by atoms with E-state index in [-0.39, 0.29) is 24.1 Å². The topological polar surface area (TPSA) is 124 Å². The standard InChI is InChI=1S/C30H25FN8O3/c31-21-10-11-25(32-17-21)39-18-23(28(37-39)38-12-14-41-15-13-38)29-35-36-30(42-29)34-27-24(40)16-20-8-4-5-9-22(20)26(33-27)19-6-2-1-3-7-19/h1-11,17-18,27H,12-16H2,(H,34,36)/t27-/m1/s1. The van der Waals surface area contributed by atoms with Crippen molar-refractivity contribution >= 4 is 23.3 Å². The Kier molecular flexibility index (Phi) is 6.72. The molecule has 1 atom stereocenters. The molecule has 2 aliphatic heterocycles. The second-order valence-corrected chi connectivity index (χ2v) is 9.85. The molecule has 5 heterocycles. The minimum atomic E-state index is -0.939. The van der Waals surface area contributed by atoms with Crippen molar-refractivity contribution in [3.8, 4) is 17.3 Å². The van der Waals surface area contributed by atoms with Crippen molar-refractivity contribution in [2.45, 2.75) is 12.6 Å². The molecule has 1 saturated heterocycles. The van der Waals surface area contributed by atoms with E-state index < -0.39 is 12.0 Å². The number of halogens is 1. The molecule has 11 nitrogen and oxygen atoms in total. The molecule has 2 aliphatic rings. The van der Waals surface area contributed by atoms with Gasteiger partial charge in [0.15, 0.2) is 23.6 Å². The smallest absolute Gasteiger partial charge is 0.317 e. The van der Waals surface area contributed by atoms with Gasteiger partial charge in [0.25, 0.3) is 5.89 Å². The SMILES string of the molecule is O=C1Cc2ccccc2C(c2ccccc2)=N[C@@H]1Nc1nnc(-c2cn(-c3ccc(F)cn3)nc2N2CCOCC2)o1. The molecule has 0 unspecified atom stereocenters. The fourth-order valence-electron chi connectivity index (χ4n) is 5.05. The molecule has 2 aromatic carbocycles. The molecular formula is C30H25FN8O3. The van der Waals surface area contributed by atoms with Gasteiger partial charge in [-0.1, -0.05) is 59.7 Å². The van der Waals surface area contributed by atoms with Gasteiger partial charge < -0.3 is 19.4 Å². The van der Waals surface area contributed by atoms with Gasteiger partial charge in [-0.3, -0.25) is 9.79 Å². The number of ketones is 1. The van der Waals surface area contributed by atoms with E-state index in [0.717, 1.165) is 22.9 Å². The molecule has 0 spiro atoms. The minimum Gasteiger partial charge on any atom is -0.403 e. The number of hydrogen-bond donors (Lipinski definition) is 1. The molecule has 0 radical (unpaired) electrons. The van der Waals surface area contributed by atoms with Crippen LogP contribution in [0.5, 0.6) is 0 Å². The Labute approximate surface area is 239 Å². The molecule has 5 aromatic rings. The van der Waals surface area contributed by atoms with Gasteiger partial charge >= 0.3 is 6.01 Å². The number of anilines is 2. The third-order valence-electron chi connectivity index (χ3n) is 7.12. The van der Waals surface area contributed by atoms with Crippen molar-refractivity contribution in [3.63, 3.8) is 0 Å². The van der Waals surface area contributed by atoms with Gasteiger partial charge in [0, 0.05) is 36.8 Å². The second-order valence-electron chi connectivity index (χ2n) is 9.85. The van der Waals surface area contributed by atoms with E-state index in [9.17, 15) is 9.18 Å². The first-order valence-corrected chi connectivity index (χ1v) is 13.5. The summed E-state index contributed by atoms with van der Waals surface area (Å²) in [6.07, 6.45) is 2.10. The van der Waals surface area contributed by atoms with Crippen molar-refractivity contribution in [2.24, 2.45) is 4.99 Å². The fourth-order valence-corrected chi connectivity index (χ4v) is 5.05. The van der Waals surface area contributed by atoms with E-state index >= 15 is 0 Å². The first kappa shape index (κ1) is 25.7. The number of fused-ring (bicyclic) bond motifs is 1. The maximum absolute atomic E-state index is 13.5. The van der Waals surface area contributed by atoms with Crippen LogP contribution in [0.2, 0.25) is 0 Å². The van der Waals surface area contributed by atoms with Gasteiger partial charge in [0.1, 0.15) is 11.4 Å². The first-order valence-electron chi connectivity index (χ1n) is 13.5. The zero-order chi connectivity index (χ0) is 28.5. The molecule has 0 saturated carbocycles. The van der Waals surface area contributed by atoms with E-state index in [4.69, 9.17) is 19.2 Å². The third kappa shape index (κ3) is 5.03. The van der Waals surface area contributed by atoms with Gasteiger partial charge in [0.05, 0.1) is 25.1 Å². The van der Waals surface area contributed by atoms with E-state index in [1.807, 2.05) is 54.6 Å². The molecule has 1 N–H and O–H groups in total. The van der Waals surface area contributed by atoms with Crippen molar-refractivity contribution in [1.82, 2.24) is 25.0 Å². The molecule has 0 aliphatic carbocycles. The molecule has 0 amide bonds. The number of pyridine rings is 1. The molecular weight excluding hydrogens is 539 g/mol. The van der Waals surface area contributed by atoms with Crippen LogP contribution in [0.4, 0.5) is 16.2 Å². The van der Waals surface area contributed by atoms with Crippen LogP contribution in [0, 0.1) is 5.82 Å². The quantitative estimate of drug-likeness (QED) is 0.329. The molecule has 12 heteroatoms. The summed E-state index contributed by atoms with van der Waals surface area (Å²) in [5.74, 6) is 0.661. The summed E-state index contributed by atoms with van der Waals surface area (Å²) in [5.41, 5.74) is 3.98. The molecule has 1 fully saturated rings. The van der Waals surface area contributed by atoms with Crippen molar-refractivity contribution in [2.75, 3.05) is 36.5 Å². The third-order valence-corrected chi connectivity index (χ3v) is 7.12. The number of benzene rings is 2. The summed E-state index contributed by atoms with van der Waals surface area (Å²) < 4.78 is 26.6. The lowest BCUT2D eigenvalue weighted by molar-refractivity contribution is -0.119. The Morgan fingerprint density at radius 2 is 1.74 bits per heavy atom. The lowest BCUT2D eigenvalue weighted by Crippen LogP contribution is -2.36. The summed E-state index contributed by atoms with van der Waals surface area (Å²) >= 11 is 0. The normalized spacial score (nSPS) is 17.0. The van der Waals surface area contributed by atoms with Crippen LogP contribution in [-0.2, 0) is 16.0 Å². The number of carbonyl (C=O) groups excluding carboxylic acids is 1. The Hall–Kier alpha value is -5.23. The Morgan fingerprint density at radius 3 is 2.55 bits per heavy atom. The summed E-state index contributed by atoms with van der Waals surface area (Å²) in [5, 5.41) is 16.2. The number of aliphatic imine (C=N–C) groups is 1. The maximum Gasteiger partial charge on any atom is 0.317 e. The highest BCUT2D eigenvalue weighted by Gasteiger charge is 2.29. The van der Waals surface area contributed by atoms with E-state index in [0.29, 0.717) is 49.2 Å². The van der Waals surface area contributed by atoms with Crippen LogP contribution < -0.4 is 10.2 Å². The number of carbonyl (C=O) groups is 1. The van der Waals surface area contributed by atoms with Crippen LogP contribution in [0.15, 0.2) is 88.5 Å². The zero-order valence-corrected chi connectivity index (χ0v) is 22.4. The molecule has 0 bridgehead atoms. The highest BCUT2D eigenvalue weighted by Crippen LogP contribution is 2.32. The van der Waals surface area contributed by atoms with Crippen LogP contribution >= 0.6 is 0 Å². The lowest BCUT2D eigenvalue weighted by Gasteiger charge is -2.27. The molecule has 7 rings (SSSR count). The van der Waals surface area contributed by atoms with Crippen molar-refractivity contribution < 1.29 is 18.3 Å².